The van der Waals surface area contributed by atoms with Crippen molar-refractivity contribution in [1.29, 1.82) is 0 Å². The Kier molecular flexibility index (Phi) is 7.45. The normalized spacial score (nSPS) is 14.7. The van der Waals surface area contributed by atoms with Gasteiger partial charge in [-0.1, -0.05) is 48.0 Å². The topological polar surface area (TPSA) is 58.6 Å². The van der Waals surface area contributed by atoms with Crippen LogP contribution in [0.3, 0.4) is 0 Å². The summed E-state index contributed by atoms with van der Waals surface area (Å²) in [5.41, 5.74) is 2.19. The van der Waals surface area contributed by atoms with Crippen LogP contribution in [-0.4, -0.2) is 43.0 Å². The van der Waals surface area contributed by atoms with E-state index in [1.807, 2.05) is 72.5 Å². The van der Waals surface area contributed by atoms with Crippen LogP contribution >= 0.6 is 0 Å². The summed E-state index contributed by atoms with van der Waals surface area (Å²) in [6.07, 6.45) is 4.82. The molecule has 2 amide bonds. The van der Waals surface area contributed by atoms with Gasteiger partial charge in [0.2, 0.25) is 11.8 Å². The molecule has 1 heterocycles. The molecule has 0 radical (unpaired) electrons. The average molecular weight is 392 g/mol. The van der Waals surface area contributed by atoms with E-state index in [1.165, 1.54) is 5.56 Å². The van der Waals surface area contributed by atoms with Gasteiger partial charge in [-0.2, -0.15) is 0 Å². The first kappa shape index (κ1) is 20.6. The van der Waals surface area contributed by atoms with Crippen molar-refractivity contribution in [1.82, 2.24) is 10.2 Å². The Morgan fingerprint density at radius 3 is 2.45 bits per heavy atom. The molecule has 1 aliphatic heterocycles. The van der Waals surface area contributed by atoms with Crippen LogP contribution in [0.2, 0.25) is 0 Å². The van der Waals surface area contributed by atoms with E-state index in [1.54, 1.807) is 6.08 Å². The number of hydrogen-bond acceptors (Lipinski definition) is 3. The van der Waals surface area contributed by atoms with Crippen molar-refractivity contribution in [2.45, 2.75) is 19.8 Å². The molecule has 0 bridgehead atoms. The fourth-order valence-corrected chi connectivity index (χ4v) is 3.32. The molecule has 1 saturated heterocycles. The number of rotatable bonds is 7. The van der Waals surface area contributed by atoms with Crippen LogP contribution in [0.4, 0.5) is 0 Å². The van der Waals surface area contributed by atoms with Crippen molar-refractivity contribution in [3.05, 3.63) is 71.8 Å². The standard InChI is InChI=1S/C24H28N2O3/c1-19-7-10-22(11-8-19)29-18-15-25-24(28)21-13-16-26(17-14-21)23(27)12-9-20-5-3-2-4-6-20/h2-12,21H,13-18H2,1H3,(H,25,28)/b12-9+. The fraction of sp³-hybridized carbons (Fsp3) is 0.333. The molecule has 1 fully saturated rings. The second-order valence-electron chi connectivity index (χ2n) is 7.30. The third-order valence-electron chi connectivity index (χ3n) is 5.09. The van der Waals surface area contributed by atoms with Crippen LogP contribution in [0, 0.1) is 12.8 Å². The van der Waals surface area contributed by atoms with Crippen molar-refractivity contribution < 1.29 is 14.3 Å². The zero-order chi connectivity index (χ0) is 20.5. The van der Waals surface area contributed by atoms with Crippen LogP contribution in [0.5, 0.6) is 5.75 Å². The highest BCUT2D eigenvalue weighted by atomic mass is 16.5. The fourth-order valence-electron chi connectivity index (χ4n) is 3.32. The maximum absolute atomic E-state index is 12.4. The minimum absolute atomic E-state index is 0.000732. The number of carbonyl (C=O) groups is 2. The van der Waals surface area contributed by atoms with Gasteiger partial charge in [-0.25, -0.2) is 0 Å². The Balaban J connectivity index is 1.35. The van der Waals surface area contributed by atoms with E-state index >= 15 is 0 Å². The monoisotopic (exact) mass is 392 g/mol. The van der Waals surface area contributed by atoms with Gasteiger partial charge in [-0.05, 0) is 43.5 Å². The van der Waals surface area contributed by atoms with E-state index < -0.39 is 0 Å². The number of nitrogens with zero attached hydrogens (tertiary/aromatic N) is 1. The second-order valence-corrected chi connectivity index (χ2v) is 7.30. The molecule has 0 saturated carbocycles. The van der Waals surface area contributed by atoms with Gasteiger partial charge in [0.15, 0.2) is 0 Å². The smallest absolute Gasteiger partial charge is 0.246 e. The predicted molar refractivity (Wildman–Crippen MR) is 114 cm³/mol. The second kappa shape index (κ2) is 10.5. The molecule has 2 aromatic carbocycles. The lowest BCUT2D eigenvalue weighted by molar-refractivity contribution is -0.132. The lowest BCUT2D eigenvalue weighted by Gasteiger charge is -2.30. The molecule has 29 heavy (non-hydrogen) atoms. The Hall–Kier alpha value is -3.08. The highest BCUT2D eigenvalue weighted by Gasteiger charge is 2.26. The molecular weight excluding hydrogens is 364 g/mol. The molecule has 152 valence electrons. The molecule has 0 aromatic heterocycles. The molecule has 5 heteroatoms. The number of hydrogen-bond donors (Lipinski definition) is 1. The number of benzene rings is 2. The third-order valence-corrected chi connectivity index (χ3v) is 5.09. The van der Waals surface area contributed by atoms with E-state index in [-0.39, 0.29) is 17.7 Å². The van der Waals surface area contributed by atoms with Crippen molar-refractivity contribution >= 4 is 17.9 Å². The quantitative estimate of drug-likeness (QED) is 0.580. The van der Waals surface area contributed by atoms with Gasteiger partial charge in [0.25, 0.3) is 0 Å². The summed E-state index contributed by atoms with van der Waals surface area (Å²) < 4.78 is 5.64. The largest absolute Gasteiger partial charge is 0.492 e. The van der Waals surface area contributed by atoms with Crippen molar-refractivity contribution in [3.8, 4) is 5.75 Å². The molecule has 0 unspecified atom stereocenters. The summed E-state index contributed by atoms with van der Waals surface area (Å²) in [6, 6.07) is 17.6. The first-order valence-electron chi connectivity index (χ1n) is 10.1. The molecule has 0 spiro atoms. The van der Waals surface area contributed by atoms with Crippen molar-refractivity contribution in [2.75, 3.05) is 26.2 Å². The zero-order valence-corrected chi connectivity index (χ0v) is 16.8. The average Bonchev–Trinajstić information content (AvgIpc) is 2.77. The van der Waals surface area contributed by atoms with Gasteiger partial charge in [0.05, 0.1) is 6.54 Å². The Labute approximate surface area is 172 Å². The number of ether oxygens (including phenoxy) is 1. The number of piperidine rings is 1. The first-order chi connectivity index (χ1) is 14.1. The minimum Gasteiger partial charge on any atom is -0.492 e. The highest BCUT2D eigenvalue weighted by molar-refractivity contribution is 5.92. The lowest BCUT2D eigenvalue weighted by Crippen LogP contribution is -2.43. The molecule has 0 aliphatic carbocycles. The van der Waals surface area contributed by atoms with E-state index in [9.17, 15) is 9.59 Å². The van der Waals surface area contributed by atoms with Gasteiger partial charge in [-0.15, -0.1) is 0 Å². The zero-order valence-electron chi connectivity index (χ0n) is 16.8. The Bertz CT molecular complexity index is 823. The summed E-state index contributed by atoms with van der Waals surface area (Å²) in [5.74, 6) is 0.806. The number of likely N-dealkylation sites (tertiary alicyclic amines) is 1. The SMILES string of the molecule is Cc1ccc(OCCNC(=O)C2CCN(C(=O)/C=C/c3ccccc3)CC2)cc1. The van der Waals surface area contributed by atoms with Gasteiger partial charge in [-0.3, -0.25) is 9.59 Å². The molecule has 3 rings (SSSR count). The van der Waals surface area contributed by atoms with Gasteiger partial charge >= 0.3 is 0 Å². The van der Waals surface area contributed by atoms with Gasteiger partial charge in [0.1, 0.15) is 12.4 Å². The summed E-state index contributed by atoms with van der Waals surface area (Å²) >= 11 is 0. The van der Waals surface area contributed by atoms with Crippen LogP contribution in [0.15, 0.2) is 60.7 Å². The Morgan fingerprint density at radius 2 is 1.76 bits per heavy atom. The van der Waals surface area contributed by atoms with E-state index in [0.29, 0.717) is 39.1 Å². The number of nitrogens with one attached hydrogen (secondary N) is 1. The Morgan fingerprint density at radius 1 is 1.07 bits per heavy atom. The highest BCUT2D eigenvalue weighted by Crippen LogP contribution is 2.18. The number of carbonyl (C=O) groups excluding carboxylic acids is 2. The predicted octanol–water partition coefficient (Wildman–Crippen LogP) is 3.44. The summed E-state index contributed by atoms with van der Waals surface area (Å²) in [5, 5.41) is 2.94. The number of amides is 2. The van der Waals surface area contributed by atoms with E-state index in [2.05, 4.69) is 5.32 Å². The molecule has 1 aliphatic rings. The molecule has 1 N–H and O–H groups in total. The first-order valence-corrected chi connectivity index (χ1v) is 10.1. The maximum Gasteiger partial charge on any atom is 0.246 e. The van der Waals surface area contributed by atoms with E-state index in [4.69, 9.17) is 4.74 Å². The van der Waals surface area contributed by atoms with Crippen LogP contribution in [0.25, 0.3) is 6.08 Å². The molecular formula is C24H28N2O3. The molecule has 2 aromatic rings. The minimum atomic E-state index is -0.0449. The van der Waals surface area contributed by atoms with Crippen LogP contribution < -0.4 is 10.1 Å². The summed E-state index contributed by atoms with van der Waals surface area (Å²) in [6.45, 7) is 4.16. The van der Waals surface area contributed by atoms with Gasteiger partial charge < -0.3 is 15.0 Å². The molecule has 0 atom stereocenters. The maximum atomic E-state index is 12.4. The molecule has 5 nitrogen and oxygen atoms in total. The van der Waals surface area contributed by atoms with E-state index in [0.717, 1.165) is 11.3 Å². The van der Waals surface area contributed by atoms with Crippen molar-refractivity contribution in [2.24, 2.45) is 5.92 Å². The summed E-state index contributed by atoms with van der Waals surface area (Å²) in [4.78, 5) is 26.5. The summed E-state index contributed by atoms with van der Waals surface area (Å²) in [7, 11) is 0. The van der Waals surface area contributed by atoms with Crippen LogP contribution in [0.1, 0.15) is 24.0 Å². The van der Waals surface area contributed by atoms with Gasteiger partial charge in [0, 0.05) is 25.1 Å². The third kappa shape index (κ3) is 6.49. The lowest BCUT2D eigenvalue weighted by atomic mass is 9.96. The number of aryl methyl sites for hydroxylation is 1. The van der Waals surface area contributed by atoms with Crippen molar-refractivity contribution in [3.63, 3.8) is 0 Å². The van der Waals surface area contributed by atoms with Crippen LogP contribution in [-0.2, 0) is 9.59 Å².